The van der Waals surface area contributed by atoms with Crippen LogP contribution in [0.5, 0.6) is 23.0 Å². The molecule has 0 N–H and O–H groups in total. The SMILES string of the molecule is Cc1cc2c3c(cc(C)cc3c1)-c1cc(-c3ccc4c(c3)-c3cc(C)cc5cc(C)cc(c35)O4)ccc1O2. The number of aryl methyl sites for hydroxylation is 4. The highest BCUT2D eigenvalue weighted by Crippen LogP contribution is 2.51. The Balaban J connectivity index is 1.32. The fourth-order valence-corrected chi connectivity index (χ4v) is 6.38. The molecule has 2 aliphatic rings. The van der Waals surface area contributed by atoms with Crippen LogP contribution in [0.1, 0.15) is 22.3 Å². The van der Waals surface area contributed by atoms with Crippen LogP contribution in [0.4, 0.5) is 0 Å². The fourth-order valence-electron chi connectivity index (χ4n) is 6.38. The molecule has 182 valence electrons. The van der Waals surface area contributed by atoms with Crippen LogP contribution >= 0.6 is 0 Å². The maximum absolute atomic E-state index is 6.43. The Labute approximate surface area is 222 Å². The topological polar surface area (TPSA) is 18.5 Å². The number of hydrogen-bond acceptors (Lipinski definition) is 2. The van der Waals surface area contributed by atoms with Gasteiger partial charge < -0.3 is 9.47 Å². The average Bonchev–Trinajstić information content (AvgIpc) is 2.87. The molecule has 0 radical (unpaired) electrons. The summed E-state index contributed by atoms with van der Waals surface area (Å²) in [5.41, 5.74) is 12.0. The Morgan fingerprint density at radius 3 is 1.18 bits per heavy atom. The van der Waals surface area contributed by atoms with E-state index in [4.69, 9.17) is 9.47 Å². The molecule has 0 atom stereocenters. The summed E-state index contributed by atoms with van der Waals surface area (Å²) < 4.78 is 12.9. The van der Waals surface area contributed by atoms with E-state index >= 15 is 0 Å². The van der Waals surface area contributed by atoms with Crippen molar-refractivity contribution in [3.63, 3.8) is 0 Å². The lowest BCUT2D eigenvalue weighted by atomic mass is 9.88. The van der Waals surface area contributed by atoms with Crippen molar-refractivity contribution in [2.75, 3.05) is 0 Å². The van der Waals surface area contributed by atoms with Gasteiger partial charge in [0.25, 0.3) is 0 Å². The third-order valence-electron chi connectivity index (χ3n) is 7.92. The average molecular weight is 491 g/mol. The molecule has 8 rings (SSSR count). The number of ether oxygens (including phenoxy) is 2. The minimum absolute atomic E-state index is 0.907. The Morgan fingerprint density at radius 2 is 0.763 bits per heavy atom. The summed E-state index contributed by atoms with van der Waals surface area (Å²) in [6.07, 6.45) is 0. The maximum atomic E-state index is 6.43. The normalized spacial score (nSPS) is 12.6. The summed E-state index contributed by atoms with van der Waals surface area (Å²) in [6, 6.07) is 31.0. The Hall–Kier alpha value is -4.56. The molecule has 0 aromatic heterocycles. The standard InChI is InChI=1S/C36H26O2/c1-19-9-25-11-21(3)15-33-35(25)29(13-19)27-17-23(5-7-31(27)37-33)24-6-8-32-28(18-24)30-14-20(2)10-26-12-22(4)16-34(38-32)36(26)30/h5-18H,1-4H3. The molecule has 0 saturated carbocycles. The molecule has 2 nitrogen and oxygen atoms in total. The van der Waals surface area contributed by atoms with Crippen LogP contribution < -0.4 is 9.47 Å². The Kier molecular flexibility index (Phi) is 4.24. The van der Waals surface area contributed by atoms with Crippen LogP contribution in [-0.4, -0.2) is 0 Å². The van der Waals surface area contributed by atoms with Gasteiger partial charge in [-0.1, -0.05) is 48.5 Å². The molecule has 0 spiro atoms. The van der Waals surface area contributed by atoms with Gasteiger partial charge in [-0.05, 0) is 119 Å². The van der Waals surface area contributed by atoms with Gasteiger partial charge in [0.2, 0.25) is 0 Å². The van der Waals surface area contributed by atoms with Gasteiger partial charge in [0, 0.05) is 21.9 Å². The third kappa shape index (κ3) is 3.07. The Morgan fingerprint density at radius 1 is 0.368 bits per heavy atom. The molecule has 6 aromatic rings. The van der Waals surface area contributed by atoms with Crippen molar-refractivity contribution in [3.8, 4) is 56.4 Å². The summed E-state index contributed by atoms with van der Waals surface area (Å²) in [5, 5.41) is 4.85. The largest absolute Gasteiger partial charge is 0.456 e. The van der Waals surface area contributed by atoms with E-state index in [0.29, 0.717) is 0 Å². The van der Waals surface area contributed by atoms with Gasteiger partial charge in [0.1, 0.15) is 23.0 Å². The van der Waals surface area contributed by atoms with Gasteiger partial charge >= 0.3 is 0 Å². The van der Waals surface area contributed by atoms with Crippen molar-refractivity contribution in [2.45, 2.75) is 27.7 Å². The number of fused-ring (bicyclic) bond motifs is 4. The molecule has 6 aromatic carbocycles. The fraction of sp³-hybridized carbons (Fsp3) is 0.111. The predicted molar refractivity (Wildman–Crippen MR) is 157 cm³/mol. The van der Waals surface area contributed by atoms with E-state index in [2.05, 4.69) is 113 Å². The molecule has 0 aliphatic carbocycles. The van der Waals surface area contributed by atoms with E-state index in [9.17, 15) is 0 Å². The second-order valence-corrected chi connectivity index (χ2v) is 11.0. The molecule has 0 unspecified atom stereocenters. The highest BCUT2D eigenvalue weighted by Gasteiger charge is 2.24. The van der Waals surface area contributed by atoms with E-state index in [1.165, 1.54) is 66.1 Å². The molecule has 0 amide bonds. The first-order chi connectivity index (χ1) is 18.4. The first-order valence-corrected chi connectivity index (χ1v) is 13.2. The molecular weight excluding hydrogens is 464 g/mol. The van der Waals surface area contributed by atoms with Gasteiger partial charge in [0.05, 0.1) is 0 Å². The highest BCUT2D eigenvalue weighted by atomic mass is 16.5. The van der Waals surface area contributed by atoms with Crippen molar-refractivity contribution in [1.29, 1.82) is 0 Å². The van der Waals surface area contributed by atoms with Crippen LogP contribution in [-0.2, 0) is 0 Å². The zero-order valence-electron chi connectivity index (χ0n) is 21.9. The van der Waals surface area contributed by atoms with E-state index in [0.717, 1.165) is 34.1 Å². The lowest BCUT2D eigenvalue weighted by molar-refractivity contribution is 0.486. The molecule has 0 saturated heterocycles. The van der Waals surface area contributed by atoms with Crippen molar-refractivity contribution in [1.82, 2.24) is 0 Å². The second-order valence-electron chi connectivity index (χ2n) is 11.0. The van der Waals surface area contributed by atoms with E-state index in [-0.39, 0.29) is 0 Å². The van der Waals surface area contributed by atoms with E-state index < -0.39 is 0 Å². The van der Waals surface area contributed by atoms with Gasteiger partial charge in [-0.25, -0.2) is 0 Å². The molecule has 2 heterocycles. The summed E-state index contributed by atoms with van der Waals surface area (Å²) >= 11 is 0. The van der Waals surface area contributed by atoms with Crippen LogP contribution in [0, 0.1) is 27.7 Å². The summed E-state index contributed by atoms with van der Waals surface area (Å²) in [5.74, 6) is 3.70. The third-order valence-corrected chi connectivity index (χ3v) is 7.92. The quantitative estimate of drug-likeness (QED) is 0.228. The molecular formula is C36H26O2. The van der Waals surface area contributed by atoms with Crippen molar-refractivity contribution >= 4 is 21.5 Å². The summed E-state index contributed by atoms with van der Waals surface area (Å²) in [6.45, 7) is 8.59. The summed E-state index contributed by atoms with van der Waals surface area (Å²) in [7, 11) is 0. The van der Waals surface area contributed by atoms with Gasteiger partial charge in [0.15, 0.2) is 0 Å². The minimum atomic E-state index is 0.907. The number of hydrogen-bond donors (Lipinski definition) is 0. The first-order valence-electron chi connectivity index (χ1n) is 13.2. The van der Waals surface area contributed by atoms with Crippen LogP contribution in [0.2, 0.25) is 0 Å². The highest BCUT2D eigenvalue weighted by molar-refractivity contribution is 6.07. The van der Waals surface area contributed by atoms with Crippen molar-refractivity contribution in [3.05, 3.63) is 107 Å². The zero-order chi connectivity index (χ0) is 25.7. The van der Waals surface area contributed by atoms with E-state index in [1.807, 2.05) is 0 Å². The van der Waals surface area contributed by atoms with Gasteiger partial charge in [-0.3, -0.25) is 0 Å². The van der Waals surface area contributed by atoms with Gasteiger partial charge in [-0.2, -0.15) is 0 Å². The molecule has 0 fully saturated rings. The molecule has 0 bridgehead atoms. The number of benzene rings is 6. The Bertz CT molecular complexity index is 1850. The monoisotopic (exact) mass is 490 g/mol. The zero-order valence-corrected chi connectivity index (χ0v) is 21.9. The van der Waals surface area contributed by atoms with Crippen LogP contribution in [0.3, 0.4) is 0 Å². The van der Waals surface area contributed by atoms with Crippen molar-refractivity contribution < 1.29 is 9.47 Å². The summed E-state index contributed by atoms with van der Waals surface area (Å²) in [4.78, 5) is 0. The smallest absolute Gasteiger partial charge is 0.136 e. The van der Waals surface area contributed by atoms with Gasteiger partial charge in [-0.15, -0.1) is 0 Å². The lowest BCUT2D eigenvalue weighted by Crippen LogP contribution is -2.00. The van der Waals surface area contributed by atoms with Crippen LogP contribution in [0.25, 0.3) is 54.9 Å². The van der Waals surface area contributed by atoms with Crippen molar-refractivity contribution in [2.24, 2.45) is 0 Å². The lowest BCUT2D eigenvalue weighted by Gasteiger charge is -2.24. The van der Waals surface area contributed by atoms with Crippen LogP contribution in [0.15, 0.2) is 84.9 Å². The molecule has 38 heavy (non-hydrogen) atoms. The first kappa shape index (κ1) is 21.5. The number of rotatable bonds is 1. The van der Waals surface area contributed by atoms with E-state index in [1.54, 1.807) is 0 Å². The minimum Gasteiger partial charge on any atom is -0.456 e. The molecule has 2 aliphatic heterocycles. The maximum Gasteiger partial charge on any atom is 0.136 e. The second kappa shape index (κ2) is 7.49. The predicted octanol–water partition coefficient (Wildman–Crippen LogP) is 10.4. The molecule has 2 heteroatoms.